The summed E-state index contributed by atoms with van der Waals surface area (Å²) in [6.07, 6.45) is -35.0. The Labute approximate surface area is 217 Å². The first-order chi connectivity index (χ1) is 16.6. The molecule has 0 saturated carbocycles. The minimum absolute atomic E-state index is 0. The molecule has 6 nitrogen and oxygen atoms in total. The van der Waals surface area contributed by atoms with Crippen LogP contribution in [0.2, 0.25) is 0 Å². The minimum atomic E-state index is -5.42. The fraction of sp³-hybridized carbons (Fsp3) is 0.400. The second-order valence-corrected chi connectivity index (χ2v) is 5.67. The predicted octanol–water partition coefficient (Wildman–Crippen LogP) is 6.36. The molecule has 40 heavy (non-hydrogen) atoms. The molecule has 0 aliphatic rings. The van der Waals surface area contributed by atoms with Crippen molar-refractivity contribution in [2.24, 2.45) is 0 Å². The molecular weight excluding hydrogens is 670 g/mol. The van der Waals surface area contributed by atoms with Gasteiger partial charge in [-0.05, 0) is 0 Å². The molecule has 0 aromatic rings. The molecule has 0 rings (SSSR count). The molecule has 0 atom stereocenters. The summed E-state index contributed by atoms with van der Waals surface area (Å²) in [6.45, 7) is 0. The number of halogens is 18. The van der Waals surface area contributed by atoms with E-state index in [0.29, 0.717) is 0 Å². The van der Waals surface area contributed by atoms with Crippen LogP contribution in [0.5, 0.6) is 0 Å². The summed E-state index contributed by atoms with van der Waals surface area (Å²) in [6, 6.07) is 0. The molecule has 0 unspecified atom stereocenters. The van der Waals surface area contributed by atoms with Crippen LogP contribution in [0.15, 0.2) is 35.5 Å². The Morgan fingerprint density at radius 1 is 0.350 bits per heavy atom. The number of hydrogen-bond donors (Lipinski definition) is 3. The molecule has 0 fully saturated rings. The second-order valence-electron chi connectivity index (χ2n) is 5.67. The van der Waals surface area contributed by atoms with Gasteiger partial charge in [-0.3, -0.25) is 14.4 Å². The van der Waals surface area contributed by atoms with E-state index in [1.807, 2.05) is 0 Å². The maximum absolute atomic E-state index is 11.4. The van der Waals surface area contributed by atoms with Crippen molar-refractivity contribution >= 4 is 17.3 Å². The Hall–Kier alpha value is -3.10. The average molecular weight is 676 g/mol. The summed E-state index contributed by atoms with van der Waals surface area (Å²) in [4.78, 5) is 29.6. The van der Waals surface area contributed by atoms with Crippen LogP contribution >= 0.6 is 0 Å². The molecule has 0 radical (unpaired) electrons. The van der Waals surface area contributed by atoms with Gasteiger partial charge in [0.25, 0.3) is 17.3 Å². The van der Waals surface area contributed by atoms with Crippen LogP contribution in [0.4, 0.5) is 79.0 Å². The van der Waals surface area contributed by atoms with Crippen molar-refractivity contribution in [3.8, 4) is 0 Å². The number of hydrogen-bond acceptors (Lipinski definition) is 6. The standard InChI is InChI=1S/3C5H2F6O2.Cr/c3*6-4(7,8)2(12)1-3(13)5(9,10)11;/h3*1,12H;. The SMILES string of the molecule is O=C(C=C(O)C(F)(F)F)C(F)(F)F.O=C(C=C(O)C(F)(F)F)C(F)(F)F.O=C(C=C(O)C(F)(F)F)C(F)(F)F.[Cr]. The molecule has 0 saturated heterocycles. The number of allylic oxidation sites excluding steroid dienone is 6. The molecule has 0 aliphatic heterocycles. The molecule has 0 heterocycles. The van der Waals surface area contributed by atoms with E-state index in [9.17, 15) is 93.4 Å². The summed E-state index contributed by atoms with van der Waals surface area (Å²) < 4.78 is 204. The summed E-state index contributed by atoms with van der Waals surface area (Å²) in [5.41, 5.74) is 0. The Balaban J connectivity index is -0.000000240. The van der Waals surface area contributed by atoms with E-state index in [2.05, 4.69) is 0 Å². The van der Waals surface area contributed by atoms with Crippen LogP contribution in [0.3, 0.4) is 0 Å². The second kappa shape index (κ2) is 15.1. The smallest absolute Gasteiger partial charge is 0.454 e. The summed E-state index contributed by atoms with van der Waals surface area (Å²) in [5, 5.41) is 23.8. The number of alkyl halides is 18. The number of ketones is 3. The van der Waals surface area contributed by atoms with Gasteiger partial charge in [-0.25, -0.2) is 0 Å². The number of rotatable bonds is 3. The predicted molar refractivity (Wildman–Crippen MR) is 83.5 cm³/mol. The number of aliphatic hydroxyl groups excluding tert-OH is 3. The first-order valence-corrected chi connectivity index (χ1v) is 7.92. The third-order valence-electron chi connectivity index (χ3n) is 2.51. The van der Waals surface area contributed by atoms with E-state index in [1.54, 1.807) is 0 Å². The van der Waals surface area contributed by atoms with Crippen molar-refractivity contribution in [3.05, 3.63) is 35.5 Å². The van der Waals surface area contributed by atoms with Crippen LogP contribution in [0, 0.1) is 0 Å². The first kappa shape index (κ1) is 43.9. The molecule has 0 aromatic heterocycles. The van der Waals surface area contributed by atoms with E-state index >= 15 is 0 Å². The Morgan fingerprint density at radius 2 is 0.475 bits per heavy atom. The molecule has 25 heteroatoms. The van der Waals surface area contributed by atoms with Gasteiger partial charge in [-0.2, -0.15) is 79.0 Å². The van der Waals surface area contributed by atoms with Crippen LogP contribution in [-0.2, 0) is 31.7 Å². The summed E-state index contributed by atoms with van der Waals surface area (Å²) >= 11 is 0. The zero-order chi connectivity index (χ0) is 32.6. The molecule has 3 N–H and O–H groups in total. The van der Waals surface area contributed by atoms with Crippen molar-refractivity contribution in [1.82, 2.24) is 0 Å². The van der Waals surface area contributed by atoms with E-state index in [4.69, 9.17) is 15.3 Å². The largest absolute Gasteiger partial charge is 0.504 e. The van der Waals surface area contributed by atoms with Crippen molar-refractivity contribution in [1.29, 1.82) is 0 Å². The number of carbonyl (C=O) groups excluding carboxylic acids is 3. The van der Waals surface area contributed by atoms with Crippen LogP contribution < -0.4 is 0 Å². The molecule has 234 valence electrons. The molecular formula is C15H6CrF18O6. The van der Waals surface area contributed by atoms with Crippen molar-refractivity contribution in [2.45, 2.75) is 37.1 Å². The Bertz CT molecular complexity index is 834. The van der Waals surface area contributed by atoms with Gasteiger partial charge in [-0.15, -0.1) is 0 Å². The van der Waals surface area contributed by atoms with Gasteiger partial charge in [0, 0.05) is 35.6 Å². The topological polar surface area (TPSA) is 112 Å². The van der Waals surface area contributed by atoms with Crippen molar-refractivity contribution in [3.63, 3.8) is 0 Å². The number of carbonyl (C=O) groups is 3. The van der Waals surface area contributed by atoms with Crippen molar-refractivity contribution in [2.75, 3.05) is 0 Å². The Morgan fingerprint density at radius 3 is 0.550 bits per heavy atom. The third kappa shape index (κ3) is 19.9. The van der Waals surface area contributed by atoms with E-state index < -0.39 is 89.9 Å². The van der Waals surface area contributed by atoms with Crippen LogP contribution in [0.1, 0.15) is 0 Å². The molecule has 0 bridgehead atoms. The quantitative estimate of drug-likeness (QED) is 0.182. The van der Waals surface area contributed by atoms with Gasteiger partial charge in [0.2, 0.25) is 17.3 Å². The normalized spacial score (nSPS) is 14.1. The van der Waals surface area contributed by atoms with Crippen molar-refractivity contribution < 1.29 is 126 Å². The maximum atomic E-state index is 11.4. The van der Waals surface area contributed by atoms with E-state index in [0.717, 1.165) is 0 Å². The average Bonchev–Trinajstić information content (AvgIpc) is 2.64. The van der Waals surface area contributed by atoms with E-state index in [-0.39, 0.29) is 17.4 Å². The third-order valence-corrected chi connectivity index (χ3v) is 2.51. The fourth-order valence-corrected chi connectivity index (χ4v) is 0.864. The zero-order valence-electron chi connectivity index (χ0n) is 17.5. The maximum Gasteiger partial charge on any atom is 0.454 e. The first-order valence-electron chi connectivity index (χ1n) is 7.92. The number of aliphatic hydroxyl groups is 3. The van der Waals surface area contributed by atoms with Crippen LogP contribution in [0.25, 0.3) is 0 Å². The van der Waals surface area contributed by atoms with Gasteiger partial charge in [0.05, 0.1) is 0 Å². The summed E-state index contributed by atoms with van der Waals surface area (Å²) in [7, 11) is 0. The molecule has 0 aliphatic carbocycles. The van der Waals surface area contributed by atoms with Gasteiger partial charge in [-0.1, -0.05) is 0 Å². The van der Waals surface area contributed by atoms with Gasteiger partial charge < -0.3 is 15.3 Å². The molecule has 0 amide bonds. The zero-order valence-corrected chi connectivity index (χ0v) is 18.8. The van der Waals surface area contributed by atoms with Gasteiger partial charge in [0.15, 0.2) is 0 Å². The molecule has 0 spiro atoms. The van der Waals surface area contributed by atoms with Gasteiger partial charge in [0.1, 0.15) is 0 Å². The Kier molecular flexibility index (Phi) is 16.5. The monoisotopic (exact) mass is 676 g/mol. The van der Waals surface area contributed by atoms with Gasteiger partial charge >= 0.3 is 37.1 Å². The molecule has 0 aromatic carbocycles. The summed E-state index contributed by atoms with van der Waals surface area (Å²) in [5.74, 6) is -16.0. The minimum Gasteiger partial charge on any atom is -0.504 e. The fourth-order valence-electron chi connectivity index (χ4n) is 0.864. The van der Waals surface area contributed by atoms with Crippen LogP contribution in [-0.4, -0.2) is 69.7 Å². The van der Waals surface area contributed by atoms with E-state index in [1.165, 1.54) is 0 Å².